The van der Waals surface area contributed by atoms with Gasteiger partial charge in [0.1, 0.15) is 0 Å². The van der Waals surface area contributed by atoms with Gasteiger partial charge < -0.3 is 0 Å². The minimum atomic E-state index is -0.237. The van der Waals surface area contributed by atoms with Crippen molar-refractivity contribution in [1.29, 1.82) is 0 Å². The monoisotopic (exact) mass is 439 g/mol. The highest BCUT2D eigenvalue weighted by atomic mass is 35.5. The van der Waals surface area contributed by atoms with Gasteiger partial charge in [0.05, 0.1) is 10.7 Å². The first kappa shape index (κ1) is 20.9. The molecule has 1 atom stereocenters. The molecular weight excluding hydrogens is 417 g/mol. The van der Waals surface area contributed by atoms with E-state index >= 15 is 0 Å². The van der Waals surface area contributed by atoms with Crippen LogP contribution in [0.3, 0.4) is 0 Å². The average Bonchev–Trinajstić information content (AvgIpc) is 2.67. The Morgan fingerprint density at radius 3 is 2.47 bits per heavy atom. The standard InChI is InChI=1S/C25H23Cl2NO2/c1-25(2)14-21-24(22(29)15-25)17(9-8-16-6-4-3-5-7-16)12-23(30)28(21)20-11-10-18(26)13-19(20)27/h3-11,13,17H,12,14-15H2,1-2H3/b9-8+. The molecule has 0 fully saturated rings. The lowest BCUT2D eigenvalue weighted by Crippen LogP contribution is -2.44. The van der Waals surface area contributed by atoms with Gasteiger partial charge in [0.15, 0.2) is 5.78 Å². The Morgan fingerprint density at radius 1 is 1.03 bits per heavy atom. The van der Waals surface area contributed by atoms with Crippen LogP contribution in [0.5, 0.6) is 0 Å². The van der Waals surface area contributed by atoms with E-state index in [-0.39, 0.29) is 29.4 Å². The average molecular weight is 440 g/mol. The first-order chi connectivity index (χ1) is 14.2. The molecule has 1 amide bonds. The lowest BCUT2D eigenvalue weighted by molar-refractivity contribution is -0.121. The van der Waals surface area contributed by atoms with Crippen molar-refractivity contribution in [3.63, 3.8) is 0 Å². The summed E-state index contributed by atoms with van der Waals surface area (Å²) in [5.41, 5.74) is 2.89. The van der Waals surface area contributed by atoms with Crippen LogP contribution < -0.4 is 4.90 Å². The molecule has 5 heteroatoms. The van der Waals surface area contributed by atoms with Gasteiger partial charge in [-0.05, 0) is 35.6 Å². The van der Waals surface area contributed by atoms with Crippen LogP contribution in [0.25, 0.3) is 6.08 Å². The van der Waals surface area contributed by atoms with Gasteiger partial charge in [0.2, 0.25) is 5.91 Å². The fourth-order valence-corrected chi connectivity index (χ4v) is 4.85. The van der Waals surface area contributed by atoms with Gasteiger partial charge in [-0.25, -0.2) is 0 Å². The SMILES string of the molecule is CC1(C)CC(=O)C2=C(C1)N(c1ccc(Cl)cc1Cl)C(=O)CC2/C=C/c1ccccc1. The van der Waals surface area contributed by atoms with Crippen molar-refractivity contribution in [3.05, 3.63) is 81.5 Å². The molecule has 0 N–H and O–H groups in total. The van der Waals surface area contributed by atoms with E-state index in [4.69, 9.17) is 23.2 Å². The fourth-order valence-electron chi connectivity index (χ4n) is 4.35. The van der Waals surface area contributed by atoms with Crippen molar-refractivity contribution >= 4 is 46.7 Å². The van der Waals surface area contributed by atoms with E-state index in [0.29, 0.717) is 28.6 Å². The number of nitrogens with zero attached hydrogens (tertiary/aromatic N) is 1. The molecule has 2 aromatic carbocycles. The van der Waals surface area contributed by atoms with Crippen molar-refractivity contribution < 1.29 is 9.59 Å². The van der Waals surface area contributed by atoms with Gasteiger partial charge >= 0.3 is 0 Å². The third-order valence-electron chi connectivity index (χ3n) is 5.65. The zero-order valence-electron chi connectivity index (χ0n) is 17.0. The topological polar surface area (TPSA) is 37.4 Å². The molecule has 3 nitrogen and oxygen atoms in total. The molecule has 1 heterocycles. The summed E-state index contributed by atoms with van der Waals surface area (Å²) in [6.45, 7) is 4.12. The predicted octanol–water partition coefficient (Wildman–Crippen LogP) is 6.70. The Kier molecular flexibility index (Phi) is 5.61. The van der Waals surface area contributed by atoms with Gasteiger partial charge in [-0.2, -0.15) is 0 Å². The Hall–Kier alpha value is -2.36. The summed E-state index contributed by atoms with van der Waals surface area (Å²) in [4.78, 5) is 28.1. The minimum Gasteiger partial charge on any atom is -0.294 e. The smallest absolute Gasteiger partial charge is 0.232 e. The number of halogens is 2. The summed E-state index contributed by atoms with van der Waals surface area (Å²) in [7, 11) is 0. The molecule has 0 aromatic heterocycles. The second kappa shape index (κ2) is 8.05. The molecule has 1 aliphatic heterocycles. The molecule has 2 aliphatic rings. The number of Topliss-reactive ketones (excluding diaryl/α,β-unsaturated/α-hetero) is 1. The van der Waals surface area contributed by atoms with Crippen LogP contribution in [0, 0.1) is 11.3 Å². The molecule has 1 unspecified atom stereocenters. The van der Waals surface area contributed by atoms with E-state index in [1.807, 2.05) is 42.5 Å². The Labute approximate surface area is 187 Å². The number of ketones is 1. The summed E-state index contributed by atoms with van der Waals surface area (Å²) >= 11 is 12.5. The van der Waals surface area contributed by atoms with Gasteiger partial charge in [-0.3, -0.25) is 14.5 Å². The second-order valence-corrected chi connectivity index (χ2v) is 9.55. The lowest BCUT2D eigenvalue weighted by atomic mass is 9.70. The van der Waals surface area contributed by atoms with Gasteiger partial charge in [-0.1, -0.05) is 79.5 Å². The summed E-state index contributed by atoms with van der Waals surface area (Å²) in [6.07, 6.45) is 5.31. The predicted molar refractivity (Wildman–Crippen MR) is 123 cm³/mol. The number of anilines is 1. The van der Waals surface area contributed by atoms with Crippen molar-refractivity contribution in [2.24, 2.45) is 11.3 Å². The van der Waals surface area contributed by atoms with E-state index in [1.165, 1.54) is 0 Å². The highest BCUT2D eigenvalue weighted by Crippen LogP contribution is 2.47. The maximum absolute atomic E-state index is 13.3. The van der Waals surface area contributed by atoms with Crippen LogP contribution in [0.4, 0.5) is 5.69 Å². The lowest BCUT2D eigenvalue weighted by Gasteiger charge is -2.42. The summed E-state index contributed by atoms with van der Waals surface area (Å²) in [5, 5.41) is 0.905. The minimum absolute atomic E-state index is 0.0637. The van der Waals surface area contributed by atoms with Crippen molar-refractivity contribution in [2.45, 2.75) is 33.1 Å². The Bertz CT molecular complexity index is 1070. The molecule has 0 saturated carbocycles. The quantitative estimate of drug-likeness (QED) is 0.533. The number of rotatable bonds is 3. The molecule has 0 bridgehead atoms. The highest BCUT2D eigenvalue weighted by molar-refractivity contribution is 6.37. The van der Waals surface area contributed by atoms with Gasteiger partial charge in [0, 0.05) is 35.1 Å². The molecule has 0 radical (unpaired) electrons. The second-order valence-electron chi connectivity index (χ2n) is 8.71. The summed E-state index contributed by atoms with van der Waals surface area (Å²) in [6, 6.07) is 15.0. The van der Waals surface area contributed by atoms with E-state index in [1.54, 1.807) is 23.1 Å². The molecule has 30 heavy (non-hydrogen) atoms. The van der Waals surface area contributed by atoms with Crippen LogP contribution >= 0.6 is 23.2 Å². The third-order valence-corrected chi connectivity index (χ3v) is 6.19. The number of carbonyl (C=O) groups excluding carboxylic acids is 2. The maximum atomic E-state index is 13.3. The number of carbonyl (C=O) groups is 2. The van der Waals surface area contributed by atoms with Crippen molar-refractivity contribution in [2.75, 3.05) is 4.90 Å². The number of hydrogen-bond acceptors (Lipinski definition) is 2. The number of benzene rings is 2. The van der Waals surface area contributed by atoms with Crippen molar-refractivity contribution in [1.82, 2.24) is 0 Å². The van der Waals surface area contributed by atoms with Crippen molar-refractivity contribution in [3.8, 4) is 0 Å². The molecule has 0 saturated heterocycles. The Balaban J connectivity index is 1.82. The first-order valence-electron chi connectivity index (χ1n) is 10.0. The number of amides is 1. The van der Waals surface area contributed by atoms with Gasteiger partial charge in [-0.15, -0.1) is 0 Å². The maximum Gasteiger partial charge on any atom is 0.232 e. The molecule has 154 valence electrons. The number of allylic oxidation sites excluding steroid dienone is 3. The summed E-state index contributed by atoms with van der Waals surface area (Å²) < 4.78 is 0. The molecule has 4 rings (SSSR count). The van der Waals surface area contributed by atoms with Crippen LogP contribution in [0.2, 0.25) is 10.0 Å². The van der Waals surface area contributed by atoms with E-state index in [9.17, 15) is 9.59 Å². The van der Waals surface area contributed by atoms with Crippen LogP contribution in [-0.2, 0) is 9.59 Å². The largest absolute Gasteiger partial charge is 0.294 e. The van der Waals surface area contributed by atoms with E-state index < -0.39 is 0 Å². The highest BCUT2D eigenvalue weighted by Gasteiger charge is 2.43. The van der Waals surface area contributed by atoms with Crippen LogP contribution in [-0.4, -0.2) is 11.7 Å². The van der Waals surface area contributed by atoms with E-state index in [0.717, 1.165) is 16.8 Å². The first-order valence-corrected chi connectivity index (χ1v) is 10.8. The normalized spacial score (nSPS) is 21.3. The molecular formula is C25H23Cl2NO2. The van der Waals surface area contributed by atoms with Gasteiger partial charge in [0.25, 0.3) is 0 Å². The third kappa shape index (κ3) is 4.10. The molecule has 0 spiro atoms. The fraction of sp³-hybridized carbons (Fsp3) is 0.280. The Morgan fingerprint density at radius 2 is 1.77 bits per heavy atom. The van der Waals surface area contributed by atoms with Crippen LogP contribution in [0.1, 0.15) is 38.7 Å². The van der Waals surface area contributed by atoms with E-state index in [2.05, 4.69) is 13.8 Å². The molecule has 2 aromatic rings. The zero-order chi connectivity index (χ0) is 21.5. The number of hydrogen-bond donors (Lipinski definition) is 0. The molecule has 1 aliphatic carbocycles. The van der Waals surface area contributed by atoms with Crippen LogP contribution in [0.15, 0.2) is 65.9 Å². The zero-order valence-corrected chi connectivity index (χ0v) is 18.5. The summed E-state index contributed by atoms with van der Waals surface area (Å²) in [5.74, 6) is -0.198.